The van der Waals surface area contributed by atoms with Crippen molar-refractivity contribution < 1.29 is 14.6 Å². The highest BCUT2D eigenvalue weighted by atomic mass is 16.5. The third-order valence-electron chi connectivity index (χ3n) is 6.65. The molecule has 5 aromatic rings. The van der Waals surface area contributed by atoms with Crippen molar-refractivity contribution in [3.63, 3.8) is 0 Å². The number of benzene rings is 2. The van der Waals surface area contributed by atoms with Crippen molar-refractivity contribution in [3.05, 3.63) is 99.9 Å². The number of rotatable bonds is 7. The number of pyridine rings is 1. The van der Waals surface area contributed by atoms with E-state index >= 15 is 0 Å². The molecule has 0 aliphatic rings. The van der Waals surface area contributed by atoms with E-state index in [9.17, 15) is 14.7 Å². The van der Waals surface area contributed by atoms with Gasteiger partial charge < -0.3 is 19.4 Å². The fourth-order valence-electron chi connectivity index (χ4n) is 4.78. The maximum atomic E-state index is 13.8. The molecule has 0 spiro atoms. The highest BCUT2D eigenvalue weighted by Crippen LogP contribution is 2.33. The normalized spacial score (nSPS) is 12.2. The number of aryl methyl sites for hydroxylation is 2. The first kappa shape index (κ1) is 23.3. The van der Waals surface area contributed by atoms with Gasteiger partial charge in [0.2, 0.25) is 0 Å². The number of nitrogens with zero attached hydrogens (tertiary/aromatic N) is 3. The molecule has 3 aromatic heterocycles. The molecule has 0 saturated carbocycles. The van der Waals surface area contributed by atoms with E-state index in [1.807, 2.05) is 30.5 Å². The number of H-pyrrole nitrogens is 1. The van der Waals surface area contributed by atoms with Crippen LogP contribution in [0.25, 0.3) is 21.9 Å². The predicted molar refractivity (Wildman–Crippen MR) is 137 cm³/mol. The average molecular weight is 483 g/mol. The van der Waals surface area contributed by atoms with E-state index in [1.165, 1.54) is 7.11 Å². The molecule has 0 saturated heterocycles. The van der Waals surface area contributed by atoms with Crippen molar-refractivity contribution in [1.82, 2.24) is 19.5 Å². The highest BCUT2D eigenvalue weighted by molar-refractivity contribution is 5.83. The summed E-state index contributed by atoms with van der Waals surface area (Å²) in [4.78, 5) is 38.1. The van der Waals surface area contributed by atoms with E-state index in [4.69, 9.17) is 4.74 Å². The van der Waals surface area contributed by atoms with Gasteiger partial charge in [0.05, 0.1) is 30.1 Å². The van der Waals surface area contributed by atoms with Gasteiger partial charge in [-0.3, -0.25) is 19.6 Å². The van der Waals surface area contributed by atoms with Crippen LogP contribution < -0.4 is 5.56 Å². The topological polar surface area (TPSA) is 110 Å². The van der Waals surface area contributed by atoms with Crippen LogP contribution in [-0.2, 0) is 22.5 Å². The van der Waals surface area contributed by atoms with Gasteiger partial charge in [0, 0.05) is 47.7 Å². The molecule has 0 fully saturated rings. The molecule has 0 amide bonds. The molecule has 1 unspecified atom stereocenters. The number of carbonyl (C=O) groups is 1. The Morgan fingerprint density at radius 3 is 2.69 bits per heavy atom. The van der Waals surface area contributed by atoms with Crippen LogP contribution in [-0.4, -0.2) is 37.7 Å². The molecule has 0 aliphatic carbocycles. The molecule has 2 aromatic carbocycles. The van der Waals surface area contributed by atoms with Gasteiger partial charge in [0.1, 0.15) is 5.75 Å². The first-order chi connectivity index (χ1) is 17.5. The molecular weight excluding hydrogens is 456 g/mol. The van der Waals surface area contributed by atoms with Crippen molar-refractivity contribution in [2.75, 3.05) is 7.11 Å². The molecule has 36 heavy (non-hydrogen) atoms. The van der Waals surface area contributed by atoms with Crippen molar-refractivity contribution in [1.29, 1.82) is 0 Å². The van der Waals surface area contributed by atoms with Gasteiger partial charge in [-0.2, -0.15) is 0 Å². The largest absolute Gasteiger partial charge is 0.507 e. The van der Waals surface area contributed by atoms with Crippen molar-refractivity contribution in [3.8, 4) is 5.75 Å². The van der Waals surface area contributed by atoms with E-state index in [0.29, 0.717) is 35.3 Å². The van der Waals surface area contributed by atoms with E-state index in [-0.39, 0.29) is 23.3 Å². The summed E-state index contributed by atoms with van der Waals surface area (Å²) in [5, 5.41) is 12.0. The number of hydrogen-bond donors (Lipinski definition) is 2. The van der Waals surface area contributed by atoms with Crippen molar-refractivity contribution in [2.45, 2.75) is 32.2 Å². The SMILES string of the molecule is COC(=O)CC(c1ccc2nccnc2c1)c1c(O)cc(C)n(CCc2c[nH]c3ccccc23)c1=O. The summed E-state index contributed by atoms with van der Waals surface area (Å²) in [5.74, 6) is -1.34. The number of methoxy groups -OCH3 is 1. The second-order valence-corrected chi connectivity index (χ2v) is 8.79. The van der Waals surface area contributed by atoms with Gasteiger partial charge in [-0.05, 0) is 48.7 Å². The number of aromatic nitrogens is 4. The average Bonchev–Trinajstić information content (AvgIpc) is 3.30. The van der Waals surface area contributed by atoms with Crippen LogP contribution in [0.3, 0.4) is 0 Å². The molecule has 3 heterocycles. The first-order valence-corrected chi connectivity index (χ1v) is 11.7. The lowest BCUT2D eigenvalue weighted by Crippen LogP contribution is -2.29. The van der Waals surface area contributed by atoms with Gasteiger partial charge in [-0.15, -0.1) is 0 Å². The number of aromatic amines is 1. The van der Waals surface area contributed by atoms with Crippen LogP contribution in [0.2, 0.25) is 0 Å². The second-order valence-electron chi connectivity index (χ2n) is 8.79. The minimum atomic E-state index is -0.712. The van der Waals surface area contributed by atoms with Crippen molar-refractivity contribution >= 4 is 27.9 Å². The lowest BCUT2D eigenvalue weighted by atomic mass is 9.88. The fraction of sp³-hybridized carbons (Fsp3) is 0.214. The Morgan fingerprint density at radius 1 is 1.11 bits per heavy atom. The fourth-order valence-corrected chi connectivity index (χ4v) is 4.78. The Hall–Kier alpha value is -4.46. The number of aromatic hydroxyl groups is 1. The van der Waals surface area contributed by atoms with Gasteiger partial charge >= 0.3 is 5.97 Å². The Balaban J connectivity index is 1.57. The lowest BCUT2D eigenvalue weighted by Gasteiger charge is -2.20. The summed E-state index contributed by atoms with van der Waals surface area (Å²) in [5.41, 5.74) is 4.62. The second kappa shape index (κ2) is 9.65. The van der Waals surface area contributed by atoms with E-state index in [0.717, 1.165) is 16.5 Å². The number of para-hydroxylation sites is 1. The Labute approximate surface area is 207 Å². The number of hydrogen-bond acceptors (Lipinski definition) is 6. The highest BCUT2D eigenvalue weighted by Gasteiger charge is 2.27. The summed E-state index contributed by atoms with van der Waals surface area (Å²) in [7, 11) is 1.31. The zero-order chi connectivity index (χ0) is 25.2. The van der Waals surface area contributed by atoms with E-state index < -0.39 is 11.9 Å². The molecular formula is C28H26N4O4. The molecule has 8 heteroatoms. The zero-order valence-corrected chi connectivity index (χ0v) is 20.1. The third-order valence-corrected chi connectivity index (χ3v) is 6.65. The lowest BCUT2D eigenvalue weighted by molar-refractivity contribution is -0.140. The summed E-state index contributed by atoms with van der Waals surface area (Å²) in [6.07, 6.45) is 5.68. The van der Waals surface area contributed by atoms with E-state index in [2.05, 4.69) is 15.0 Å². The molecule has 1 atom stereocenters. The minimum absolute atomic E-state index is 0.101. The maximum Gasteiger partial charge on any atom is 0.306 e. The molecule has 5 rings (SSSR count). The Morgan fingerprint density at radius 2 is 1.89 bits per heavy atom. The number of nitrogens with one attached hydrogen (secondary N) is 1. The van der Waals surface area contributed by atoms with Gasteiger partial charge in [-0.25, -0.2) is 0 Å². The predicted octanol–water partition coefficient (Wildman–Crippen LogP) is 4.22. The van der Waals surface area contributed by atoms with Crippen LogP contribution in [0.15, 0.2) is 71.9 Å². The first-order valence-electron chi connectivity index (χ1n) is 11.7. The molecule has 2 N–H and O–H groups in total. The Kier molecular flexibility index (Phi) is 6.25. The Bertz CT molecular complexity index is 1640. The van der Waals surface area contributed by atoms with Gasteiger partial charge in [0.15, 0.2) is 0 Å². The monoisotopic (exact) mass is 482 g/mol. The van der Waals surface area contributed by atoms with Crippen LogP contribution in [0.4, 0.5) is 0 Å². The molecule has 0 aliphatic heterocycles. The van der Waals surface area contributed by atoms with E-state index in [1.54, 1.807) is 48.1 Å². The van der Waals surface area contributed by atoms with Crippen LogP contribution >= 0.6 is 0 Å². The van der Waals surface area contributed by atoms with Crippen LogP contribution in [0.5, 0.6) is 5.75 Å². The number of fused-ring (bicyclic) bond motifs is 2. The number of carbonyl (C=O) groups excluding carboxylic acids is 1. The number of esters is 1. The summed E-state index contributed by atoms with van der Waals surface area (Å²) in [6, 6.07) is 15.0. The molecule has 0 radical (unpaired) electrons. The zero-order valence-electron chi connectivity index (χ0n) is 20.1. The summed E-state index contributed by atoms with van der Waals surface area (Å²) >= 11 is 0. The number of ether oxygens (including phenoxy) is 1. The summed E-state index contributed by atoms with van der Waals surface area (Å²) < 4.78 is 6.58. The minimum Gasteiger partial charge on any atom is -0.507 e. The van der Waals surface area contributed by atoms with Crippen LogP contribution in [0.1, 0.15) is 34.7 Å². The summed E-state index contributed by atoms with van der Waals surface area (Å²) in [6.45, 7) is 2.22. The maximum absolute atomic E-state index is 13.8. The standard InChI is InChI=1S/C28H26N4O4/c1-17-13-25(33)27(28(35)32(17)12-9-19-16-31-22-6-4-3-5-20(19)22)21(15-26(34)36-2)18-7-8-23-24(14-18)30-11-10-29-23/h3-8,10-11,13-14,16,21,31,33H,9,12,15H2,1-2H3. The van der Waals surface area contributed by atoms with Crippen molar-refractivity contribution in [2.24, 2.45) is 0 Å². The third kappa shape index (κ3) is 4.33. The van der Waals surface area contributed by atoms with Crippen LogP contribution in [0, 0.1) is 6.92 Å². The van der Waals surface area contributed by atoms with Gasteiger partial charge in [0.25, 0.3) is 5.56 Å². The molecule has 0 bridgehead atoms. The quantitative estimate of drug-likeness (QED) is 0.336. The molecule has 182 valence electrons. The van der Waals surface area contributed by atoms with Gasteiger partial charge in [-0.1, -0.05) is 24.3 Å². The smallest absolute Gasteiger partial charge is 0.306 e. The molecule has 8 nitrogen and oxygen atoms in total.